The Morgan fingerprint density at radius 3 is 2.17 bits per heavy atom. The first-order valence-electron chi connectivity index (χ1n) is 9.57. The summed E-state index contributed by atoms with van der Waals surface area (Å²) in [6, 6.07) is 14.1. The fourth-order valence-electron chi connectivity index (χ4n) is 2.65. The van der Waals surface area contributed by atoms with Crippen LogP contribution in [0.25, 0.3) is 0 Å². The molecule has 0 spiro atoms. The van der Waals surface area contributed by atoms with Crippen molar-refractivity contribution in [3.8, 4) is 0 Å². The second-order valence-electron chi connectivity index (χ2n) is 7.23. The molecule has 6 heteroatoms. The quantitative estimate of drug-likeness (QED) is 0.623. The van der Waals surface area contributed by atoms with E-state index in [1.54, 1.807) is 31.4 Å². The van der Waals surface area contributed by atoms with Gasteiger partial charge in [0.05, 0.1) is 24.8 Å². The van der Waals surface area contributed by atoms with Crippen LogP contribution in [-0.4, -0.2) is 29.2 Å². The van der Waals surface area contributed by atoms with Crippen LogP contribution in [0, 0.1) is 5.92 Å². The zero-order chi connectivity index (χ0) is 21.8. The fraction of sp³-hybridized carbons (Fsp3) is 0.391. The lowest BCUT2D eigenvalue weighted by molar-refractivity contribution is -0.122. The minimum atomic E-state index is -0.946. The number of nitrogens with one attached hydrogen (secondary N) is 1. The van der Waals surface area contributed by atoms with Gasteiger partial charge in [0.25, 0.3) is 0 Å². The van der Waals surface area contributed by atoms with Crippen LogP contribution in [-0.2, 0) is 22.7 Å². The summed E-state index contributed by atoms with van der Waals surface area (Å²) in [7, 11) is 1.66. The van der Waals surface area contributed by atoms with Crippen molar-refractivity contribution in [3.63, 3.8) is 0 Å². The average molecular weight is 402 g/mol. The van der Waals surface area contributed by atoms with E-state index in [0.717, 1.165) is 16.7 Å². The zero-order valence-electron chi connectivity index (χ0n) is 17.5. The molecule has 6 nitrogen and oxygen atoms in total. The molecule has 1 atom stereocenters. The lowest BCUT2D eigenvalue weighted by Gasteiger charge is -2.15. The number of benzene rings is 2. The second-order valence-corrected chi connectivity index (χ2v) is 7.23. The summed E-state index contributed by atoms with van der Waals surface area (Å²) < 4.78 is 4.95. The van der Waals surface area contributed by atoms with Crippen LogP contribution in [0.3, 0.4) is 0 Å². The zero-order valence-corrected chi connectivity index (χ0v) is 17.5. The molecule has 0 bridgehead atoms. The predicted molar refractivity (Wildman–Crippen MR) is 112 cm³/mol. The molecule has 1 amide bonds. The topological polar surface area (TPSA) is 95.9 Å². The Balaban J connectivity index is 0.000000326. The molecule has 2 rings (SSSR count). The number of carboxylic acids is 1. The Kier molecular flexibility index (Phi) is 10.7. The number of amides is 1. The minimum absolute atomic E-state index is 0.0137. The smallest absolute Gasteiger partial charge is 0.335 e. The highest BCUT2D eigenvalue weighted by Crippen LogP contribution is 2.14. The minimum Gasteiger partial charge on any atom is -0.478 e. The molecule has 0 aliphatic carbocycles. The van der Waals surface area contributed by atoms with Crippen molar-refractivity contribution in [2.24, 2.45) is 5.92 Å². The van der Waals surface area contributed by atoms with Crippen LogP contribution in [0.4, 0.5) is 0 Å². The highest BCUT2D eigenvalue weighted by atomic mass is 16.5. The molecule has 0 aliphatic heterocycles. The van der Waals surface area contributed by atoms with Gasteiger partial charge in [-0.3, -0.25) is 4.79 Å². The summed E-state index contributed by atoms with van der Waals surface area (Å²) in [5.74, 6) is -0.607. The van der Waals surface area contributed by atoms with Crippen molar-refractivity contribution >= 4 is 11.9 Å². The molecule has 29 heavy (non-hydrogen) atoms. The highest BCUT2D eigenvalue weighted by Gasteiger charge is 2.11. The third kappa shape index (κ3) is 9.36. The molecule has 0 fully saturated rings. The summed E-state index contributed by atoms with van der Waals surface area (Å²) >= 11 is 0. The third-order valence-electron chi connectivity index (χ3n) is 4.11. The molecule has 2 aromatic carbocycles. The molecule has 0 saturated carbocycles. The normalized spacial score (nSPS) is 11.4. The Hall–Kier alpha value is -2.70. The van der Waals surface area contributed by atoms with E-state index in [2.05, 4.69) is 5.32 Å². The lowest BCUT2D eigenvalue weighted by atomic mass is 10.1. The van der Waals surface area contributed by atoms with Crippen molar-refractivity contribution in [2.45, 2.75) is 46.4 Å². The molecule has 158 valence electrons. The first kappa shape index (κ1) is 24.3. The van der Waals surface area contributed by atoms with Crippen molar-refractivity contribution in [3.05, 3.63) is 70.8 Å². The van der Waals surface area contributed by atoms with Crippen molar-refractivity contribution < 1.29 is 24.5 Å². The third-order valence-corrected chi connectivity index (χ3v) is 4.11. The van der Waals surface area contributed by atoms with Gasteiger partial charge in [0, 0.05) is 13.5 Å². The molecular formula is C23H31NO5. The maximum atomic E-state index is 11.6. The Morgan fingerprint density at radius 2 is 1.66 bits per heavy atom. The van der Waals surface area contributed by atoms with E-state index in [9.17, 15) is 9.59 Å². The number of methoxy groups -OCH3 is 1. The predicted octanol–water partition coefficient (Wildman–Crippen LogP) is 3.93. The number of aromatic carboxylic acids is 1. The largest absolute Gasteiger partial charge is 0.478 e. The van der Waals surface area contributed by atoms with Crippen molar-refractivity contribution in [1.29, 1.82) is 0 Å². The molecule has 0 saturated heterocycles. The van der Waals surface area contributed by atoms with Gasteiger partial charge in [-0.1, -0.05) is 50.2 Å². The summed E-state index contributed by atoms with van der Waals surface area (Å²) in [4.78, 5) is 22.3. The number of rotatable bonds is 8. The van der Waals surface area contributed by atoms with Gasteiger partial charge in [0.1, 0.15) is 0 Å². The average Bonchev–Trinajstić information content (AvgIpc) is 2.68. The SMILES string of the molecule is CC(C)CC(=O)NC(C)c1ccc(C(=O)O)cc1.COCc1cccc(CO)c1. The van der Waals surface area contributed by atoms with Crippen LogP contribution in [0.2, 0.25) is 0 Å². The van der Waals surface area contributed by atoms with Crippen LogP contribution < -0.4 is 5.32 Å². The standard InChI is InChI=1S/C14H19NO3.C9H12O2/c1-9(2)8-13(16)15-10(3)11-4-6-12(7-5-11)14(17)18;1-11-7-9-4-2-3-8(5-9)6-10/h4-7,9-10H,8H2,1-3H3,(H,15,16)(H,17,18);2-5,10H,6-7H2,1H3. The highest BCUT2D eigenvalue weighted by molar-refractivity contribution is 5.87. The number of hydrogen-bond acceptors (Lipinski definition) is 4. The van der Waals surface area contributed by atoms with Gasteiger partial charge in [-0.05, 0) is 41.7 Å². The number of carbonyl (C=O) groups excluding carboxylic acids is 1. The van der Waals surface area contributed by atoms with Crippen LogP contribution in [0.1, 0.15) is 60.3 Å². The van der Waals surface area contributed by atoms with Gasteiger partial charge in [0.2, 0.25) is 5.91 Å². The van der Waals surface area contributed by atoms with Gasteiger partial charge in [-0.2, -0.15) is 0 Å². The number of hydrogen-bond donors (Lipinski definition) is 3. The number of ether oxygens (including phenoxy) is 1. The van der Waals surface area contributed by atoms with Gasteiger partial charge in [-0.15, -0.1) is 0 Å². The number of carbonyl (C=O) groups is 2. The molecule has 2 aromatic rings. The summed E-state index contributed by atoms with van der Waals surface area (Å²) in [5, 5.41) is 20.5. The molecule has 0 radical (unpaired) electrons. The Morgan fingerprint density at radius 1 is 1.03 bits per heavy atom. The molecule has 3 N–H and O–H groups in total. The lowest BCUT2D eigenvalue weighted by Crippen LogP contribution is -2.27. The maximum Gasteiger partial charge on any atom is 0.335 e. The van der Waals surface area contributed by atoms with Crippen LogP contribution in [0.5, 0.6) is 0 Å². The molecule has 0 heterocycles. The van der Waals surface area contributed by atoms with E-state index in [1.165, 1.54) is 0 Å². The molecular weight excluding hydrogens is 370 g/mol. The maximum absolute atomic E-state index is 11.6. The number of carboxylic acid groups (broad SMARTS) is 1. The number of aliphatic hydroxyl groups excluding tert-OH is 1. The van der Waals surface area contributed by atoms with E-state index >= 15 is 0 Å². The Bertz CT molecular complexity index is 771. The van der Waals surface area contributed by atoms with Crippen LogP contribution in [0.15, 0.2) is 48.5 Å². The van der Waals surface area contributed by atoms with Gasteiger partial charge in [0.15, 0.2) is 0 Å². The van der Waals surface area contributed by atoms with Gasteiger partial charge < -0.3 is 20.3 Å². The van der Waals surface area contributed by atoms with Crippen molar-refractivity contribution in [1.82, 2.24) is 5.32 Å². The van der Waals surface area contributed by atoms with E-state index in [-0.39, 0.29) is 24.1 Å². The van der Waals surface area contributed by atoms with Crippen molar-refractivity contribution in [2.75, 3.05) is 7.11 Å². The fourth-order valence-corrected chi connectivity index (χ4v) is 2.65. The first-order valence-corrected chi connectivity index (χ1v) is 9.57. The van der Waals surface area contributed by atoms with E-state index in [0.29, 0.717) is 18.9 Å². The molecule has 0 aliphatic rings. The summed E-state index contributed by atoms with van der Waals surface area (Å²) in [5.41, 5.74) is 3.18. The van der Waals surface area contributed by atoms with E-state index < -0.39 is 5.97 Å². The van der Waals surface area contributed by atoms with Gasteiger partial charge in [-0.25, -0.2) is 4.79 Å². The molecule has 0 aromatic heterocycles. The first-order chi connectivity index (χ1) is 13.8. The van der Waals surface area contributed by atoms with Crippen LogP contribution >= 0.6 is 0 Å². The second kappa shape index (κ2) is 12.7. The number of aliphatic hydroxyl groups is 1. The van der Waals surface area contributed by atoms with E-state index in [4.69, 9.17) is 14.9 Å². The summed E-state index contributed by atoms with van der Waals surface area (Å²) in [6.45, 7) is 6.57. The molecule has 1 unspecified atom stereocenters. The monoisotopic (exact) mass is 401 g/mol. The Labute approximate surface area is 172 Å². The van der Waals surface area contributed by atoms with E-state index in [1.807, 2.05) is 45.0 Å². The van der Waals surface area contributed by atoms with Gasteiger partial charge >= 0.3 is 5.97 Å². The summed E-state index contributed by atoms with van der Waals surface area (Å²) in [6.07, 6.45) is 0.498.